The summed E-state index contributed by atoms with van der Waals surface area (Å²) < 4.78 is 7.75. The fourth-order valence-corrected chi connectivity index (χ4v) is 3.11. The third-order valence-corrected chi connectivity index (χ3v) is 4.66. The fourth-order valence-electron chi connectivity index (χ4n) is 2.94. The van der Waals surface area contributed by atoms with Crippen molar-refractivity contribution in [1.29, 1.82) is 0 Å². The second-order valence-corrected chi connectivity index (χ2v) is 7.61. The molecule has 0 atom stereocenters. The van der Waals surface area contributed by atoms with Crippen LogP contribution in [0, 0.1) is 0 Å². The van der Waals surface area contributed by atoms with E-state index in [9.17, 15) is 5.11 Å². The highest BCUT2D eigenvalue weighted by Crippen LogP contribution is 2.25. The molecular weight excluding hydrogens is 390 g/mol. The molecular formula is C21H20ClN5O2. The van der Waals surface area contributed by atoms with E-state index < -0.39 is 5.60 Å². The van der Waals surface area contributed by atoms with Crippen LogP contribution in [0.2, 0.25) is 5.28 Å². The average Bonchev–Trinajstić information content (AvgIpc) is 3.08. The summed E-state index contributed by atoms with van der Waals surface area (Å²) in [6, 6.07) is 11.5. The van der Waals surface area contributed by atoms with E-state index in [4.69, 9.17) is 16.3 Å². The van der Waals surface area contributed by atoms with Gasteiger partial charge in [-0.1, -0.05) is 24.3 Å². The maximum absolute atomic E-state index is 10.2. The summed E-state index contributed by atoms with van der Waals surface area (Å²) in [7, 11) is 1.91. The summed E-state index contributed by atoms with van der Waals surface area (Å²) in [4.78, 5) is 17.1. The standard InChI is InChI=1S/C21H20ClN5O2/c1-21(2,28)16-11-27(3)18(25-16)14-8-6-13(7-9-14)12-29-19-17-15(5-4-10-23-17)24-20(22)26-19/h4-11,28H,12H2,1-3H3. The normalized spacial score (nSPS) is 11.8. The number of rotatable bonds is 5. The SMILES string of the molecule is Cn1cc(C(C)(C)O)nc1-c1ccc(COc2nc(Cl)nc3cccnc23)cc1. The van der Waals surface area contributed by atoms with Crippen LogP contribution < -0.4 is 4.74 Å². The van der Waals surface area contributed by atoms with Gasteiger partial charge in [-0.05, 0) is 43.1 Å². The number of pyridine rings is 1. The van der Waals surface area contributed by atoms with Crippen LogP contribution in [-0.4, -0.2) is 29.6 Å². The molecule has 4 aromatic rings. The van der Waals surface area contributed by atoms with Gasteiger partial charge in [0.25, 0.3) is 0 Å². The van der Waals surface area contributed by atoms with Gasteiger partial charge in [0.05, 0.1) is 11.2 Å². The molecule has 3 heterocycles. The zero-order valence-corrected chi connectivity index (χ0v) is 17.1. The third kappa shape index (κ3) is 4.06. The minimum atomic E-state index is -0.987. The molecule has 0 bridgehead atoms. The molecule has 3 aromatic heterocycles. The molecule has 7 nitrogen and oxygen atoms in total. The van der Waals surface area contributed by atoms with Gasteiger partial charge < -0.3 is 14.4 Å². The van der Waals surface area contributed by atoms with E-state index in [1.165, 1.54) is 0 Å². The molecule has 0 saturated heterocycles. The van der Waals surface area contributed by atoms with E-state index >= 15 is 0 Å². The Morgan fingerprint density at radius 2 is 1.86 bits per heavy atom. The second-order valence-electron chi connectivity index (χ2n) is 7.27. The molecule has 8 heteroatoms. The fraction of sp³-hybridized carbons (Fsp3) is 0.238. The van der Waals surface area contributed by atoms with Crippen molar-refractivity contribution in [2.45, 2.75) is 26.1 Å². The number of imidazole rings is 1. The van der Waals surface area contributed by atoms with Gasteiger partial charge in [0.15, 0.2) is 5.52 Å². The molecule has 0 aliphatic carbocycles. The van der Waals surface area contributed by atoms with Gasteiger partial charge >= 0.3 is 0 Å². The van der Waals surface area contributed by atoms with Crippen molar-refractivity contribution in [2.24, 2.45) is 7.05 Å². The molecule has 4 rings (SSSR count). The first kappa shape index (κ1) is 19.3. The molecule has 0 aliphatic rings. The lowest BCUT2D eigenvalue weighted by atomic mass is 10.1. The van der Waals surface area contributed by atoms with Crippen LogP contribution in [0.15, 0.2) is 48.8 Å². The highest BCUT2D eigenvalue weighted by atomic mass is 35.5. The Bertz CT molecular complexity index is 1170. The predicted octanol–water partition coefficient (Wildman–Crippen LogP) is 3.89. The van der Waals surface area contributed by atoms with Crippen molar-refractivity contribution < 1.29 is 9.84 Å². The Kier molecular flexibility index (Phi) is 4.94. The third-order valence-electron chi connectivity index (χ3n) is 4.49. The summed E-state index contributed by atoms with van der Waals surface area (Å²) in [5.41, 5.74) is 2.76. The van der Waals surface area contributed by atoms with Crippen molar-refractivity contribution in [1.82, 2.24) is 24.5 Å². The lowest BCUT2D eigenvalue weighted by Crippen LogP contribution is -2.15. The molecule has 0 amide bonds. The summed E-state index contributed by atoms with van der Waals surface area (Å²) in [5, 5.41) is 10.3. The van der Waals surface area contributed by atoms with E-state index in [1.807, 2.05) is 48.1 Å². The van der Waals surface area contributed by atoms with Gasteiger partial charge in [0, 0.05) is 25.0 Å². The second kappa shape index (κ2) is 7.42. The summed E-state index contributed by atoms with van der Waals surface area (Å²) in [6.45, 7) is 3.75. The smallest absolute Gasteiger partial charge is 0.245 e. The van der Waals surface area contributed by atoms with Crippen molar-refractivity contribution in [3.05, 3.63) is 65.3 Å². The molecule has 0 spiro atoms. The quantitative estimate of drug-likeness (QED) is 0.503. The first-order valence-corrected chi connectivity index (χ1v) is 9.45. The van der Waals surface area contributed by atoms with Gasteiger partial charge in [0.1, 0.15) is 18.0 Å². The van der Waals surface area contributed by atoms with Crippen molar-refractivity contribution in [2.75, 3.05) is 0 Å². The maximum atomic E-state index is 10.2. The number of aryl methyl sites for hydroxylation is 1. The lowest BCUT2D eigenvalue weighted by molar-refractivity contribution is 0.0742. The van der Waals surface area contributed by atoms with E-state index in [0.29, 0.717) is 29.2 Å². The minimum Gasteiger partial charge on any atom is -0.471 e. The molecule has 0 aliphatic heterocycles. The van der Waals surface area contributed by atoms with E-state index in [0.717, 1.165) is 17.0 Å². The largest absolute Gasteiger partial charge is 0.471 e. The summed E-state index contributed by atoms with van der Waals surface area (Å²) in [5.74, 6) is 1.14. The monoisotopic (exact) mass is 409 g/mol. The van der Waals surface area contributed by atoms with Gasteiger partial charge in [0.2, 0.25) is 11.2 Å². The van der Waals surface area contributed by atoms with E-state index in [2.05, 4.69) is 19.9 Å². The Morgan fingerprint density at radius 1 is 1.10 bits per heavy atom. The summed E-state index contributed by atoms with van der Waals surface area (Å²) in [6.07, 6.45) is 3.50. The number of nitrogens with zero attached hydrogens (tertiary/aromatic N) is 5. The number of halogens is 1. The molecule has 148 valence electrons. The molecule has 0 radical (unpaired) electrons. The van der Waals surface area contributed by atoms with Gasteiger partial charge in [-0.15, -0.1) is 0 Å². The van der Waals surface area contributed by atoms with Crippen molar-refractivity contribution in [3.8, 4) is 17.3 Å². The molecule has 29 heavy (non-hydrogen) atoms. The van der Waals surface area contributed by atoms with Crippen LogP contribution in [0.5, 0.6) is 5.88 Å². The average molecular weight is 410 g/mol. The minimum absolute atomic E-state index is 0.119. The van der Waals surface area contributed by atoms with Gasteiger partial charge in [-0.2, -0.15) is 4.98 Å². The number of fused-ring (bicyclic) bond motifs is 1. The van der Waals surface area contributed by atoms with Gasteiger partial charge in [-0.3, -0.25) is 0 Å². The molecule has 0 unspecified atom stereocenters. The predicted molar refractivity (Wildman–Crippen MR) is 111 cm³/mol. The Morgan fingerprint density at radius 3 is 2.55 bits per heavy atom. The number of hydrogen-bond donors (Lipinski definition) is 1. The molecule has 0 saturated carbocycles. The molecule has 0 fully saturated rings. The Labute approximate surface area is 173 Å². The van der Waals surface area contributed by atoms with Crippen LogP contribution in [0.25, 0.3) is 22.4 Å². The van der Waals surface area contributed by atoms with Crippen molar-refractivity contribution in [3.63, 3.8) is 0 Å². The zero-order chi connectivity index (χ0) is 20.6. The number of aromatic nitrogens is 5. The van der Waals surface area contributed by atoms with E-state index in [-0.39, 0.29) is 5.28 Å². The maximum Gasteiger partial charge on any atom is 0.245 e. The lowest BCUT2D eigenvalue weighted by Gasteiger charge is -2.12. The zero-order valence-electron chi connectivity index (χ0n) is 16.3. The topological polar surface area (TPSA) is 86.0 Å². The Balaban J connectivity index is 1.54. The van der Waals surface area contributed by atoms with E-state index in [1.54, 1.807) is 26.1 Å². The number of hydrogen-bond acceptors (Lipinski definition) is 6. The summed E-state index contributed by atoms with van der Waals surface area (Å²) >= 11 is 5.99. The Hall–Kier alpha value is -3.03. The van der Waals surface area contributed by atoms with Crippen LogP contribution in [0.3, 0.4) is 0 Å². The first-order chi connectivity index (χ1) is 13.8. The highest BCUT2D eigenvalue weighted by Gasteiger charge is 2.21. The van der Waals surface area contributed by atoms with Crippen LogP contribution in [0.4, 0.5) is 0 Å². The van der Waals surface area contributed by atoms with Crippen molar-refractivity contribution >= 4 is 22.6 Å². The van der Waals surface area contributed by atoms with Gasteiger partial charge in [-0.25, -0.2) is 15.0 Å². The number of benzene rings is 1. The van der Waals surface area contributed by atoms with Crippen LogP contribution in [-0.2, 0) is 19.3 Å². The first-order valence-electron chi connectivity index (χ1n) is 9.08. The highest BCUT2D eigenvalue weighted by molar-refractivity contribution is 6.28. The van der Waals surface area contributed by atoms with Crippen LogP contribution in [0.1, 0.15) is 25.1 Å². The molecule has 1 aromatic carbocycles. The number of aliphatic hydroxyl groups is 1. The molecule has 1 N–H and O–H groups in total. The number of ether oxygens (including phenoxy) is 1. The van der Waals surface area contributed by atoms with Crippen LogP contribution >= 0.6 is 11.6 Å².